The largest absolute Gasteiger partial charge is 0.511 e. The van der Waals surface area contributed by atoms with Crippen LogP contribution in [0.1, 0.15) is 38.7 Å². The number of ketones is 1. The Morgan fingerprint density at radius 1 is 1.32 bits per heavy atom. The second-order valence-corrected chi connectivity index (χ2v) is 6.43. The second-order valence-electron chi connectivity index (χ2n) is 6.43. The van der Waals surface area contributed by atoms with Gasteiger partial charge in [-0.05, 0) is 35.8 Å². The van der Waals surface area contributed by atoms with Gasteiger partial charge < -0.3 is 5.11 Å². The maximum absolute atomic E-state index is 12.4. The SMILES string of the molecule is CC1(C)C2CCC1(C(O)=Cc1ccccc1)C(=O)C2. The minimum Gasteiger partial charge on any atom is -0.511 e. The first kappa shape index (κ1) is 12.5. The van der Waals surface area contributed by atoms with Crippen molar-refractivity contribution in [2.24, 2.45) is 16.7 Å². The molecule has 2 aliphatic rings. The summed E-state index contributed by atoms with van der Waals surface area (Å²) in [4.78, 5) is 12.4. The average molecular weight is 256 g/mol. The lowest BCUT2D eigenvalue weighted by Gasteiger charge is -2.35. The van der Waals surface area contributed by atoms with Crippen molar-refractivity contribution in [3.05, 3.63) is 41.7 Å². The number of hydrogen-bond acceptors (Lipinski definition) is 2. The van der Waals surface area contributed by atoms with Crippen molar-refractivity contribution >= 4 is 11.9 Å². The van der Waals surface area contributed by atoms with Crippen molar-refractivity contribution in [1.29, 1.82) is 0 Å². The predicted molar refractivity (Wildman–Crippen MR) is 75.6 cm³/mol. The van der Waals surface area contributed by atoms with E-state index in [4.69, 9.17) is 0 Å². The van der Waals surface area contributed by atoms with E-state index in [-0.39, 0.29) is 17.0 Å². The lowest BCUT2D eigenvalue weighted by atomic mass is 9.67. The van der Waals surface area contributed by atoms with E-state index >= 15 is 0 Å². The Morgan fingerprint density at radius 2 is 2.00 bits per heavy atom. The van der Waals surface area contributed by atoms with Gasteiger partial charge in [0.25, 0.3) is 0 Å². The molecule has 2 unspecified atom stereocenters. The molecule has 0 saturated heterocycles. The summed E-state index contributed by atoms with van der Waals surface area (Å²) in [6.45, 7) is 4.26. The summed E-state index contributed by atoms with van der Waals surface area (Å²) in [6, 6.07) is 9.73. The highest BCUT2D eigenvalue weighted by molar-refractivity contribution is 5.93. The number of aliphatic hydroxyl groups is 1. The molecule has 1 aromatic rings. The zero-order valence-corrected chi connectivity index (χ0v) is 11.5. The molecule has 0 aromatic heterocycles. The highest BCUT2D eigenvalue weighted by atomic mass is 16.3. The van der Waals surface area contributed by atoms with Crippen LogP contribution in [0.4, 0.5) is 0 Å². The fourth-order valence-corrected chi connectivity index (χ4v) is 4.11. The molecule has 0 heterocycles. The van der Waals surface area contributed by atoms with E-state index in [2.05, 4.69) is 13.8 Å². The van der Waals surface area contributed by atoms with Crippen molar-refractivity contribution in [3.63, 3.8) is 0 Å². The number of rotatable bonds is 2. The lowest BCUT2D eigenvalue weighted by molar-refractivity contribution is -0.128. The highest BCUT2D eigenvalue weighted by Gasteiger charge is 2.66. The van der Waals surface area contributed by atoms with E-state index in [0.717, 1.165) is 18.4 Å². The van der Waals surface area contributed by atoms with Crippen LogP contribution in [0.5, 0.6) is 0 Å². The Hall–Kier alpha value is -1.57. The first-order valence-corrected chi connectivity index (χ1v) is 6.98. The van der Waals surface area contributed by atoms with Crippen molar-refractivity contribution in [3.8, 4) is 0 Å². The van der Waals surface area contributed by atoms with Crippen LogP contribution in [0.2, 0.25) is 0 Å². The van der Waals surface area contributed by atoms with Gasteiger partial charge in [-0.15, -0.1) is 0 Å². The fraction of sp³-hybridized carbons (Fsp3) is 0.471. The van der Waals surface area contributed by atoms with Gasteiger partial charge in [0.15, 0.2) is 0 Å². The maximum Gasteiger partial charge on any atom is 0.147 e. The van der Waals surface area contributed by atoms with E-state index in [1.165, 1.54) is 0 Å². The van der Waals surface area contributed by atoms with E-state index in [1.54, 1.807) is 6.08 Å². The number of carbonyl (C=O) groups is 1. The van der Waals surface area contributed by atoms with Crippen molar-refractivity contribution in [2.75, 3.05) is 0 Å². The van der Waals surface area contributed by atoms with Crippen LogP contribution in [-0.2, 0) is 4.79 Å². The molecule has 100 valence electrons. The van der Waals surface area contributed by atoms with Gasteiger partial charge >= 0.3 is 0 Å². The third-order valence-electron chi connectivity index (χ3n) is 5.44. The quantitative estimate of drug-likeness (QED) is 0.813. The molecule has 2 saturated carbocycles. The molecule has 0 radical (unpaired) electrons. The van der Waals surface area contributed by atoms with Crippen LogP contribution < -0.4 is 0 Å². The third kappa shape index (κ3) is 1.52. The van der Waals surface area contributed by atoms with Crippen LogP contribution in [0.15, 0.2) is 36.1 Å². The predicted octanol–water partition coefficient (Wildman–Crippen LogP) is 3.98. The molecular weight excluding hydrogens is 236 g/mol. The van der Waals surface area contributed by atoms with Crippen molar-refractivity contribution < 1.29 is 9.90 Å². The number of hydrogen-bond donors (Lipinski definition) is 1. The molecule has 1 N–H and O–H groups in total. The van der Waals surface area contributed by atoms with E-state index in [1.807, 2.05) is 30.3 Å². The monoisotopic (exact) mass is 256 g/mol. The van der Waals surface area contributed by atoms with Gasteiger partial charge in [-0.3, -0.25) is 4.79 Å². The molecule has 2 heteroatoms. The zero-order chi connectivity index (χ0) is 13.7. The first-order valence-electron chi connectivity index (χ1n) is 6.98. The normalized spacial score (nSPS) is 32.8. The summed E-state index contributed by atoms with van der Waals surface area (Å²) in [5.74, 6) is 0.901. The summed E-state index contributed by atoms with van der Waals surface area (Å²) in [5.41, 5.74) is 0.181. The number of aliphatic hydroxyl groups excluding tert-OH is 1. The molecule has 19 heavy (non-hydrogen) atoms. The fourth-order valence-electron chi connectivity index (χ4n) is 4.11. The van der Waals surface area contributed by atoms with Crippen molar-refractivity contribution in [2.45, 2.75) is 33.1 Å². The Morgan fingerprint density at radius 3 is 2.53 bits per heavy atom. The Labute approximate surface area is 114 Å². The topological polar surface area (TPSA) is 37.3 Å². The maximum atomic E-state index is 12.4. The van der Waals surface area contributed by atoms with Crippen LogP contribution in [0.3, 0.4) is 0 Å². The molecular formula is C17H20O2. The lowest BCUT2D eigenvalue weighted by Crippen LogP contribution is -2.37. The standard InChI is InChI=1S/C17H20O2/c1-16(2)13-8-9-17(16,15(19)11-13)14(18)10-12-6-4-3-5-7-12/h3-7,10,13,18H,8-9,11H2,1-2H3. The molecule has 2 aliphatic carbocycles. The molecule has 0 spiro atoms. The van der Waals surface area contributed by atoms with Crippen LogP contribution >= 0.6 is 0 Å². The van der Waals surface area contributed by atoms with Crippen molar-refractivity contribution in [1.82, 2.24) is 0 Å². The smallest absolute Gasteiger partial charge is 0.147 e. The minimum atomic E-state index is -0.645. The number of allylic oxidation sites excluding steroid dienone is 1. The minimum absolute atomic E-state index is 0.126. The van der Waals surface area contributed by atoms with Gasteiger partial charge in [-0.2, -0.15) is 0 Å². The van der Waals surface area contributed by atoms with Gasteiger partial charge in [0, 0.05) is 6.42 Å². The van der Waals surface area contributed by atoms with E-state index in [0.29, 0.717) is 12.3 Å². The number of carbonyl (C=O) groups excluding carboxylic acids is 1. The molecule has 1 aromatic carbocycles. The molecule has 2 nitrogen and oxygen atoms in total. The molecule has 2 fully saturated rings. The Kier molecular flexibility index (Phi) is 2.60. The summed E-state index contributed by atoms with van der Waals surface area (Å²) >= 11 is 0. The molecule has 0 aliphatic heterocycles. The summed E-state index contributed by atoms with van der Waals surface area (Å²) in [5, 5.41) is 10.6. The summed E-state index contributed by atoms with van der Waals surface area (Å²) < 4.78 is 0. The second kappa shape index (κ2) is 3.96. The first-order chi connectivity index (χ1) is 8.98. The highest BCUT2D eigenvalue weighted by Crippen LogP contribution is 2.66. The molecule has 3 rings (SSSR count). The van der Waals surface area contributed by atoms with Crippen LogP contribution in [-0.4, -0.2) is 10.9 Å². The van der Waals surface area contributed by atoms with E-state index < -0.39 is 5.41 Å². The molecule has 2 atom stereocenters. The van der Waals surface area contributed by atoms with Gasteiger partial charge in [-0.1, -0.05) is 44.2 Å². The Balaban J connectivity index is 2.05. The van der Waals surface area contributed by atoms with E-state index in [9.17, 15) is 9.90 Å². The molecule has 0 amide bonds. The third-order valence-corrected chi connectivity index (χ3v) is 5.44. The summed E-state index contributed by atoms with van der Waals surface area (Å²) in [6.07, 6.45) is 4.23. The van der Waals surface area contributed by atoms with Crippen LogP contribution in [0, 0.1) is 16.7 Å². The van der Waals surface area contributed by atoms with Gasteiger partial charge in [0.05, 0.1) is 5.41 Å². The van der Waals surface area contributed by atoms with Gasteiger partial charge in [-0.25, -0.2) is 0 Å². The zero-order valence-electron chi connectivity index (χ0n) is 11.5. The summed E-state index contributed by atoms with van der Waals surface area (Å²) in [7, 11) is 0. The van der Waals surface area contributed by atoms with Crippen LogP contribution in [0.25, 0.3) is 6.08 Å². The number of benzene rings is 1. The number of fused-ring (bicyclic) bond motifs is 2. The number of Topliss-reactive ketones (excluding diaryl/α,β-unsaturated/α-hetero) is 1. The van der Waals surface area contributed by atoms with Gasteiger partial charge in [0.2, 0.25) is 0 Å². The molecule has 2 bridgehead atoms. The Bertz CT molecular complexity index is 542. The average Bonchev–Trinajstić information content (AvgIpc) is 2.74. The van der Waals surface area contributed by atoms with Gasteiger partial charge in [0.1, 0.15) is 11.5 Å².